The molecule has 3 rings (SSSR count). The molecule has 1 saturated carbocycles. The molecule has 0 aliphatic heterocycles. The number of rotatable bonds is 9. The molecular formula is C20H20Cl2F2NO4+. The van der Waals surface area contributed by atoms with Gasteiger partial charge in [0.15, 0.2) is 23.9 Å². The zero-order valence-corrected chi connectivity index (χ0v) is 17.1. The van der Waals surface area contributed by atoms with E-state index in [1.54, 1.807) is 24.5 Å². The molecule has 1 fully saturated rings. The molecule has 1 atom stereocenters. The van der Waals surface area contributed by atoms with Gasteiger partial charge in [-0.05, 0) is 36.5 Å². The van der Waals surface area contributed by atoms with Gasteiger partial charge in [0.05, 0.1) is 6.61 Å². The lowest BCUT2D eigenvalue weighted by molar-refractivity contribution is -0.377. The Labute approximate surface area is 176 Å². The van der Waals surface area contributed by atoms with Crippen LogP contribution < -0.4 is 14.5 Å². The summed E-state index contributed by atoms with van der Waals surface area (Å²) >= 11 is 12.4. The summed E-state index contributed by atoms with van der Waals surface area (Å²) in [5.74, 6) is 0.0143. The minimum atomic E-state index is -2.98. The molecule has 1 N–H and O–H groups in total. The highest BCUT2D eigenvalue weighted by atomic mass is 35.5. The van der Waals surface area contributed by atoms with Gasteiger partial charge in [-0.15, -0.1) is 0 Å². The molecule has 1 aliphatic rings. The predicted octanol–water partition coefficient (Wildman–Crippen LogP) is 5.04. The van der Waals surface area contributed by atoms with Crippen molar-refractivity contribution >= 4 is 29.2 Å². The fourth-order valence-electron chi connectivity index (χ4n) is 2.81. The number of pyridine rings is 1. The van der Waals surface area contributed by atoms with E-state index in [0.29, 0.717) is 33.7 Å². The van der Waals surface area contributed by atoms with Gasteiger partial charge in [-0.3, -0.25) is 4.79 Å². The highest BCUT2D eigenvalue weighted by molar-refractivity contribution is 6.35. The summed E-state index contributed by atoms with van der Waals surface area (Å²) in [4.78, 5) is 14.5. The Balaban J connectivity index is 1.91. The van der Waals surface area contributed by atoms with Gasteiger partial charge >= 0.3 is 12.6 Å². The number of halogens is 4. The third-order valence-corrected chi connectivity index (χ3v) is 5.10. The minimum Gasteiger partial charge on any atom is -0.489 e. The summed E-state index contributed by atoms with van der Waals surface area (Å²) in [6.07, 6.45) is 4.68. The van der Waals surface area contributed by atoms with Gasteiger partial charge in [-0.2, -0.15) is 8.78 Å². The summed E-state index contributed by atoms with van der Waals surface area (Å²) < 4.78 is 41.2. The second-order valence-electron chi connectivity index (χ2n) is 6.77. The fraction of sp³-hybridized carbons (Fsp3) is 0.400. The van der Waals surface area contributed by atoms with Gasteiger partial charge in [0.1, 0.15) is 16.1 Å². The summed E-state index contributed by atoms with van der Waals surface area (Å²) in [7, 11) is 0. The van der Waals surface area contributed by atoms with Gasteiger partial charge in [-0.1, -0.05) is 29.3 Å². The van der Waals surface area contributed by atoms with E-state index in [2.05, 4.69) is 9.72 Å². The highest BCUT2D eigenvalue weighted by Gasteiger charge is 2.25. The molecule has 29 heavy (non-hydrogen) atoms. The number of hydrogen-bond acceptors (Lipinski definition) is 4. The third kappa shape index (κ3) is 6.18. The molecule has 0 unspecified atom stereocenters. The van der Waals surface area contributed by atoms with E-state index < -0.39 is 18.7 Å². The van der Waals surface area contributed by atoms with Crippen LogP contribution in [0.2, 0.25) is 10.0 Å². The van der Waals surface area contributed by atoms with Crippen LogP contribution in [-0.4, -0.2) is 19.2 Å². The van der Waals surface area contributed by atoms with E-state index in [9.17, 15) is 13.6 Å². The average Bonchev–Trinajstić information content (AvgIpc) is 3.47. The first kappa shape index (κ1) is 21.6. The van der Waals surface area contributed by atoms with E-state index in [-0.39, 0.29) is 17.9 Å². The normalized spacial score (nSPS) is 14.6. The van der Waals surface area contributed by atoms with Crippen LogP contribution in [0, 0.1) is 5.92 Å². The van der Waals surface area contributed by atoms with E-state index in [1.807, 2.05) is 0 Å². The Morgan fingerprint density at radius 1 is 1.21 bits per heavy atom. The van der Waals surface area contributed by atoms with Crippen LogP contribution in [0.5, 0.6) is 11.5 Å². The maximum atomic E-state index is 12.7. The summed E-state index contributed by atoms with van der Waals surface area (Å²) in [5, 5.41) is 0.773. The van der Waals surface area contributed by atoms with Crippen molar-refractivity contribution in [3.63, 3.8) is 0 Å². The van der Waals surface area contributed by atoms with Crippen LogP contribution in [0.15, 0.2) is 30.6 Å². The van der Waals surface area contributed by atoms with E-state index in [1.165, 1.54) is 13.0 Å². The maximum absolute atomic E-state index is 12.7. The molecule has 9 heteroatoms. The Bertz CT molecular complexity index is 857. The first-order chi connectivity index (χ1) is 13.8. The Morgan fingerprint density at radius 2 is 1.90 bits per heavy atom. The van der Waals surface area contributed by atoms with E-state index in [4.69, 9.17) is 32.7 Å². The smallest absolute Gasteiger partial charge is 0.387 e. The van der Waals surface area contributed by atoms with Crippen LogP contribution in [-0.2, 0) is 16.0 Å². The van der Waals surface area contributed by atoms with E-state index >= 15 is 0 Å². The first-order valence-corrected chi connectivity index (χ1v) is 9.81. The molecule has 0 bridgehead atoms. The van der Waals surface area contributed by atoms with Crippen molar-refractivity contribution in [3.05, 3.63) is 51.8 Å². The zero-order chi connectivity index (χ0) is 21.0. The number of carbonyl (C=O) groups is 1. The van der Waals surface area contributed by atoms with Gasteiger partial charge < -0.3 is 14.2 Å². The van der Waals surface area contributed by atoms with Crippen LogP contribution in [0.1, 0.15) is 37.0 Å². The number of nitrogens with one attached hydrogen (secondary N) is 1. The van der Waals surface area contributed by atoms with Crippen LogP contribution in [0.4, 0.5) is 8.78 Å². The first-order valence-electron chi connectivity index (χ1n) is 9.06. The maximum Gasteiger partial charge on any atom is 0.387 e. The molecule has 156 valence electrons. The fourth-order valence-corrected chi connectivity index (χ4v) is 3.34. The summed E-state index contributed by atoms with van der Waals surface area (Å²) in [5.41, 5.74) is 1.14. The number of aromatic amines is 1. The van der Waals surface area contributed by atoms with Gasteiger partial charge in [0.2, 0.25) is 0 Å². The minimum absolute atomic E-state index is 0.0728. The lowest BCUT2D eigenvalue weighted by atomic mass is 10.0. The Kier molecular flexibility index (Phi) is 7.14. The van der Waals surface area contributed by atoms with Crippen LogP contribution in [0.25, 0.3) is 0 Å². The van der Waals surface area contributed by atoms with Crippen LogP contribution in [0.3, 0.4) is 0 Å². The number of aromatic nitrogens is 1. The summed E-state index contributed by atoms with van der Waals surface area (Å²) in [6, 6.07) is 4.47. The van der Waals surface area contributed by atoms with E-state index in [0.717, 1.165) is 12.8 Å². The van der Waals surface area contributed by atoms with Crippen molar-refractivity contribution in [3.8, 4) is 11.5 Å². The molecule has 0 spiro atoms. The van der Waals surface area contributed by atoms with Crippen molar-refractivity contribution < 1.29 is 32.8 Å². The van der Waals surface area contributed by atoms with Crippen LogP contribution >= 0.6 is 23.2 Å². The molecule has 0 amide bonds. The van der Waals surface area contributed by atoms with Crippen molar-refractivity contribution in [1.29, 1.82) is 0 Å². The number of hydrogen-bond donors (Lipinski definition) is 0. The number of ether oxygens (including phenoxy) is 3. The molecular weight excluding hydrogens is 427 g/mol. The number of benzene rings is 1. The summed E-state index contributed by atoms with van der Waals surface area (Å²) in [6.45, 7) is -1.28. The predicted molar refractivity (Wildman–Crippen MR) is 103 cm³/mol. The quantitative estimate of drug-likeness (QED) is 0.506. The molecule has 5 nitrogen and oxygen atoms in total. The molecule has 0 radical (unpaired) electrons. The van der Waals surface area contributed by atoms with Crippen molar-refractivity contribution in [2.45, 2.75) is 38.9 Å². The Hall–Kier alpha value is -2.12. The second kappa shape index (κ2) is 9.59. The third-order valence-electron chi connectivity index (χ3n) is 4.42. The lowest BCUT2D eigenvalue weighted by Gasteiger charge is -2.20. The number of carbonyl (C=O) groups excluding carboxylic acids is 1. The molecule has 1 aromatic heterocycles. The van der Waals surface area contributed by atoms with Gasteiger partial charge in [0, 0.05) is 18.9 Å². The Morgan fingerprint density at radius 3 is 2.48 bits per heavy atom. The zero-order valence-electron chi connectivity index (χ0n) is 15.6. The molecule has 1 heterocycles. The topological polar surface area (TPSA) is 58.9 Å². The molecule has 1 aromatic carbocycles. The largest absolute Gasteiger partial charge is 0.489 e. The monoisotopic (exact) mass is 446 g/mol. The number of H-pyrrole nitrogens is 1. The average molecular weight is 447 g/mol. The number of esters is 1. The van der Waals surface area contributed by atoms with Gasteiger partial charge in [-0.25, -0.2) is 4.98 Å². The van der Waals surface area contributed by atoms with Crippen molar-refractivity contribution in [2.24, 2.45) is 5.92 Å². The molecule has 2 aromatic rings. The molecule has 1 aliphatic carbocycles. The molecule has 0 saturated heterocycles. The standard InChI is InChI=1S/C20H19Cl2F2NO4/c1-11(26)28-18(7-14-15(21)8-25-9-16(14)22)13-4-5-17(29-20(23)24)19(6-13)27-10-12-2-3-12/h4-6,8-9,12,18,20H,2-3,7,10H2,1H3/p+1/t18-/m0/s1. The van der Waals surface area contributed by atoms with Crippen molar-refractivity contribution in [1.82, 2.24) is 0 Å². The van der Waals surface area contributed by atoms with Crippen molar-refractivity contribution in [2.75, 3.05) is 6.61 Å². The number of alkyl halides is 2. The highest BCUT2D eigenvalue weighted by Crippen LogP contribution is 2.37. The van der Waals surface area contributed by atoms with Gasteiger partial charge in [0.25, 0.3) is 0 Å². The SMILES string of the molecule is CC(=O)O[C@@H](Cc1c(Cl)c[nH+]cc1Cl)c1ccc(OC(F)F)c(OCC2CC2)c1. The lowest BCUT2D eigenvalue weighted by Crippen LogP contribution is -2.14. The second-order valence-corrected chi connectivity index (χ2v) is 7.59.